The van der Waals surface area contributed by atoms with Gasteiger partial charge in [0.2, 0.25) is 5.91 Å². The number of hydrogen-bond donors (Lipinski definition) is 1. The standard InChI is InChI=1S/C12H22N2O2/c1-9(2)7-10(13)8-12(16)14-5-3-11(15)4-6-14/h9-10H,3-8,13H2,1-2H3/t10-/m0/s1. The van der Waals surface area contributed by atoms with Gasteiger partial charge in [0, 0.05) is 38.4 Å². The molecule has 16 heavy (non-hydrogen) atoms. The molecule has 1 fully saturated rings. The van der Waals surface area contributed by atoms with Crippen LogP contribution in [0.1, 0.15) is 39.5 Å². The Morgan fingerprint density at radius 1 is 1.38 bits per heavy atom. The fraction of sp³-hybridized carbons (Fsp3) is 0.833. The highest BCUT2D eigenvalue weighted by Crippen LogP contribution is 2.11. The SMILES string of the molecule is CC(C)C[C@H](N)CC(=O)N1CCC(=O)CC1. The van der Waals surface area contributed by atoms with Gasteiger partial charge in [-0.05, 0) is 12.3 Å². The summed E-state index contributed by atoms with van der Waals surface area (Å²) in [5.74, 6) is 0.877. The first kappa shape index (κ1) is 13.2. The Kier molecular flexibility index (Phi) is 4.93. The second-order valence-corrected chi connectivity index (χ2v) is 5.01. The van der Waals surface area contributed by atoms with Crippen molar-refractivity contribution >= 4 is 11.7 Å². The van der Waals surface area contributed by atoms with Gasteiger partial charge in [0.05, 0.1) is 0 Å². The predicted molar refractivity (Wildman–Crippen MR) is 62.9 cm³/mol. The molecule has 0 unspecified atom stereocenters. The van der Waals surface area contributed by atoms with Crippen molar-refractivity contribution in [2.45, 2.75) is 45.6 Å². The third kappa shape index (κ3) is 4.31. The molecule has 1 aliphatic heterocycles. The molecule has 1 aliphatic rings. The first-order valence-electron chi connectivity index (χ1n) is 6.04. The molecule has 0 bridgehead atoms. The number of Topliss-reactive ketones (excluding diaryl/α,β-unsaturated/α-hetero) is 1. The number of rotatable bonds is 4. The number of nitrogens with zero attached hydrogens (tertiary/aromatic N) is 1. The van der Waals surface area contributed by atoms with Crippen LogP contribution in [0.5, 0.6) is 0 Å². The van der Waals surface area contributed by atoms with Crippen molar-refractivity contribution in [1.29, 1.82) is 0 Å². The molecule has 0 aromatic heterocycles. The van der Waals surface area contributed by atoms with E-state index in [0.717, 1.165) is 6.42 Å². The topological polar surface area (TPSA) is 63.4 Å². The van der Waals surface area contributed by atoms with Gasteiger partial charge in [-0.15, -0.1) is 0 Å². The quantitative estimate of drug-likeness (QED) is 0.776. The lowest BCUT2D eigenvalue weighted by atomic mass is 10.0. The molecule has 4 heteroatoms. The summed E-state index contributed by atoms with van der Waals surface area (Å²) in [5, 5.41) is 0. The van der Waals surface area contributed by atoms with Gasteiger partial charge in [-0.25, -0.2) is 0 Å². The van der Waals surface area contributed by atoms with Gasteiger partial charge in [0.1, 0.15) is 5.78 Å². The fourth-order valence-corrected chi connectivity index (χ4v) is 2.05. The van der Waals surface area contributed by atoms with Gasteiger partial charge in [0.15, 0.2) is 0 Å². The van der Waals surface area contributed by atoms with Gasteiger partial charge in [-0.2, -0.15) is 0 Å². The lowest BCUT2D eigenvalue weighted by Gasteiger charge is -2.27. The molecule has 4 nitrogen and oxygen atoms in total. The van der Waals surface area contributed by atoms with Crippen molar-refractivity contribution in [3.05, 3.63) is 0 Å². The highest BCUT2D eigenvalue weighted by molar-refractivity contribution is 5.83. The van der Waals surface area contributed by atoms with E-state index in [1.807, 2.05) is 0 Å². The van der Waals surface area contributed by atoms with Crippen LogP contribution in [0, 0.1) is 5.92 Å². The number of amides is 1. The van der Waals surface area contributed by atoms with Crippen LogP contribution in [0.15, 0.2) is 0 Å². The minimum absolute atomic E-state index is 0.0508. The molecule has 92 valence electrons. The maximum absolute atomic E-state index is 11.8. The third-order valence-electron chi connectivity index (χ3n) is 2.88. The number of piperidine rings is 1. The van der Waals surface area contributed by atoms with Gasteiger partial charge in [0.25, 0.3) is 0 Å². The van der Waals surface area contributed by atoms with Crippen molar-refractivity contribution < 1.29 is 9.59 Å². The van der Waals surface area contributed by atoms with E-state index in [1.54, 1.807) is 4.90 Å². The number of nitrogens with two attached hydrogens (primary N) is 1. The monoisotopic (exact) mass is 226 g/mol. The average molecular weight is 226 g/mol. The maximum Gasteiger partial charge on any atom is 0.224 e. The molecule has 1 saturated heterocycles. The van der Waals surface area contributed by atoms with Crippen molar-refractivity contribution in [1.82, 2.24) is 4.90 Å². The maximum atomic E-state index is 11.8. The normalized spacial score (nSPS) is 19.0. The molecule has 1 amide bonds. The van der Waals surface area contributed by atoms with Crippen molar-refractivity contribution in [2.75, 3.05) is 13.1 Å². The molecule has 2 N–H and O–H groups in total. The highest BCUT2D eigenvalue weighted by atomic mass is 16.2. The first-order chi connectivity index (χ1) is 7.49. The Bertz CT molecular complexity index is 254. The molecular weight excluding hydrogens is 204 g/mol. The molecule has 0 aromatic carbocycles. The zero-order valence-corrected chi connectivity index (χ0v) is 10.2. The summed E-state index contributed by atoms with van der Waals surface area (Å²) in [4.78, 5) is 24.6. The van der Waals surface area contributed by atoms with Gasteiger partial charge >= 0.3 is 0 Å². The Hall–Kier alpha value is -0.900. The van der Waals surface area contributed by atoms with Crippen molar-refractivity contribution in [3.63, 3.8) is 0 Å². The fourth-order valence-electron chi connectivity index (χ4n) is 2.05. The molecule has 0 saturated carbocycles. The molecule has 1 atom stereocenters. The Morgan fingerprint density at radius 3 is 2.44 bits per heavy atom. The minimum Gasteiger partial charge on any atom is -0.342 e. The van der Waals surface area contributed by atoms with Crippen molar-refractivity contribution in [3.8, 4) is 0 Å². The van der Waals surface area contributed by atoms with Crippen LogP contribution in [0.4, 0.5) is 0 Å². The van der Waals surface area contributed by atoms with E-state index in [4.69, 9.17) is 5.73 Å². The lowest BCUT2D eigenvalue weighted by Crippen LogP contribution is -2.41. The summed E-state index contributed by atoms with van der Waals surface area (Å²) in [7, 11) is 0. The number of hydrogen-bond acceptors (Lipinski definition) is 3. The van der Waals surface area contributed by atoms with Crippen LogP contribution >= 0.6 is 0 Å². The molecule has 1 rings (SSSR count). The summed E-state index contributed by atoms with van der Waals surface area (Å²) in [6, 6.07) is -0.0508. The predicted octanol–water partition coefficient (Wildman–Crippen LogP) is 0.941. The number of ketones is 1. The van der Waals surface area contributed by atoms with Crippen LogP contribution in [0.25, 0.3) is 0 Å². The number of carbonyl (C=O) groups excluding carboxylic acids is 2. The van der Waals surface area contributed by atoms with Crippen LogP contribution in [-0.2, 0) is 9.59 Å². The summed E-state index contributed by atoms with van der Waals surface area (Å²) < 4.78 is 0. The second-order valence-electron chi connectivity index (χ2n) is 5.01. The lowest BCUT2D eigenvalue weighted by molar-refractivity contribution is -0.134. The van der Waals surface area contributed by atoms with Crippen LogP contribution < -0.4 is 5.73 Å². The zero-order chi connectivity index (χ0) is 12.1. The zero-order valence-electron chi connectivity index (χ0n) is 10.2. The van der Waals surface area contributed by atoms with E-state index in [-0.39, 0.29) is 17.7 Å². The van der Waals surface area contributed by atoms with Crippen LogP contribution in [-0.4, -0.2) is 35.7 Å². The summed E-state index contributed by atoms with van der Waals surface area (Å²) in [6.07, 6.45) is 2.29. The smallest absolute Gasteiger partial charge is 0.224 e. The molecule has 0 radical (unpaired) electrons. The van der Waals surface area contributed by atoms with Crippen molar-refractivity contribution in [2.24, 2.45) is 11.7 Å². The summed E-state index contributed by atoms with van der Waals surface area (Å²) in [5.41, 5.74) is 5.90. The summed E-state index contributed by atoms with van der Waals surface area (Å²) >= 11 is 0. The van der Waals surface area contributed by atoms with E-state index < -0.39 is 0 Å². The van der Waals surface area contributed by atoms with E-state index >= 15 is 0 Å². The van der Waals surface area contributed by atoms with Gasteiger partial charge < -0.3 is 10.6 Å². The first-order valence-corrected chi connectivity index (χ1v) is 6.04. The third-order valence-corrected chi connectivity index (χ3v) is 2.88. The minimum atomic E-state index is -0.0508. The van der Waals surface area contributed by atoms with Crippen LogP contribution in [0.2, 0.25) is 0 Å². The Labute approximate surface area is 97.2 Å². The second kappa shape index (κ2) is 5.99. The highest BCUT2D eigenvalue weighted by Gasteiger charge is 2.22. The number of likely N-dealkylation sites (tertiary alicyclic amines) is 1. The number of carbonyl (C=O) groups is 2. The molecule has 0 spiro atoms. The van der Waals surface area contributed by atoms with E-state index in [0.29, 0.717) is 38.3 Å². The van der Waals surface area contributed by atoms with Crippen LogP contribution in [0.3, 0.4) is 0 Å². The van der Waals surface area contributed by atoms with E-state index in [9.17, 15) is 9.59 Å². The van der Waals surface area contributed by atoms with E-state index in [2.05, 4.69) is 13.8 Å². The largest absolute Gasteiger partial charge is 0.342 e. The Balaban J connectivity index is 2.31. The molecule has 1 heterocycles. The van der Waals surface area contributed by atoms with E-state index in [1.165, 1.54) is 0 Å². The average Bonchev–Trinajstić information content (AvgIpc) is 2.16. The molecular formula is C12H22N2O2. The molecule has 0 aliphatic carbocycles. The Morgan fingerprint density at radius 2 is 1.94 bits per heavy atom. The van der Waals surface area contributed by atoms with Gasteiger partial charge in [-0.1, -0.05) is 13.8 Å². The van der Waals surface area contributed by atoms with Gasteiger partial charge in [-0.3, -0.25) is 9.59 Å². The summed E-state index contributed by atoms with van der Waals surface area (Å²) in [6.45, 7) is 5.35. The molecule has 0 aromatic rings.